The van der Waals surface area contributed by atoms with Gasteiger partial charge < -0.3 is 5.32 Å². The van der Waals surface area contributed by atoms with E-state index in [4.69, 9.17) is 0 Å². The van der Waals surface area contributed by atoms with Crippen LogP contribution in [0.4, 0.5) is 4.39 Å². The first-order chi connectivity index (χ1) is 7.66. The lowest BCUT2D eigenvalue weighted by Gasteiger charge is -2.34. The Morgan fingerprint density at radius 2 is 2.12 bits per heavy atom. The van der Waals surface area contributed by atoms with Crippen LogP contribution < -0.4 is 5.32 Å². The summed E-state index contributed by atoms with van der Waals surface area (Å²) in [7, 11) is 0. The third-order valence-corrected chi connectivity index (χ3v) is 3.60. The van der Waals surface area contributed by atoms with Crippen LogP contribution in [0.5, 0.6) is 0 Å². The van der Waals surface area contributed by atoms with Gasteiger partial charge in [-0.1, -0.05) is 6.42 Å². The highest BCUT2D eigenvalue weighted by Gasteiger charge is 2.24. The molecule has 0 saturated heterocycles. The second kappa shape index (κ2) is 4.91. The molecule has 3 heteroatoms. The molecule has 88 valence electrons. The molecule has 0 radical (unpaired) electrons. The molecule has 1 aliphatic carbocycles. The van der Waals surface area contributed by atoms with E-state index in [1.807, 2.05) is 0 Å². The topological polar surface area (TPSA) is 24.9 Å². The van der Waals surface area contributed by atoms with Crippen molar-refractivity contribution in [1.29, 1.82) is 0 Å². The fourth-order valence-electron chi connectivity index (χ4n) is 2.23. The SMILES string of the molecule is CC(NC(C)C1CCC1)c1cncc(F)c1. The Hall–Kier alpha value is -0.960. The van der Waals surface area contributed by atoms with Crippen molar-refractivity contribution < 1.29 is 4.39 Å². The van der Waals surface area contributed by atoms with E-state index in [1.54, 1.807) is 12.3 Å². The number of hydrogen-bond acceptors (Lipinski definition) is 2. The summed E-state index contributed by atoms with van der Waals surface area (Å²) in [5, 5.41) is 3.52. The van der Waals surface area contributed by atoms with Gasteiger partial charge in [-0.05, 0) is 44.2 Å². The molecule has 2 rings (SSSR count). The van der Waals surface area contributed by atoms with Gasteiger partial charge in [-0.2, -0.15) is 0 Å². The fourth-order valence-corrected chi connectivity index (χ4v) is 2.23. The zero-order valence-electron chi connectivity index (χ0n) is 9.91. The minimum absolute atomic E-state index is 0.166. The molecule has 0 spiro atoms. The van der Waals surface area contributed by atoms with Crippen LogP contribution in [0.2, 0.25) is 0 Å². The van der Waals surface area contributed by atoms with Crippen molar-refractivity contribution in [2.75, 3.05) is 0 Å². The van der Waals surface area contributed by atoms with E-state index in [0.717, 1.165) is 11.5 Å². The van der Waals surface area contributed by atoms with Gasteiger partial charge in [-0.25, -0.2) is 4.39 Å². The maximum absolute atomic E-state index is 13.0. The number of halogens is 1. The lowest BCUT2D eigenvalue weighted by Crippen LogP contribution is -2.38. The standard InChI is InChI=1S/C13H19FN2/c1-9(11-4-3-5-11)16-10(2)12-6-13(14)8-15-7-12/h6-11,16H,3-5H2,1-2H3. The van der Waals surface area contributed by atoms with Gasteiger partial charge in [0, 0.05) is 18.3 Å². The van der Waals surface area contributed by atoms with Crippen molar-refractivity contribution in [3.8, 4) is 0 Å². The normalized spacial score (nSPS) is 20.2. The molecule has 2 nitrogen and oxygen atoms in total. The van der Waals surface area contributed by atoms with Crippen LogP contribution in [-0.2, 0) is 0 Å². The van der Waals surface area contributed by atoms with Gasteiger partial charge in [0.15, 0.2) is 0 Å². The van der Waals surface area contributed by atoms with Gasteiger partial charge in [0.1, 0.15) is 5.82 Å². The van der Waals surface area contributed by atoms with E-state index in [2.05, 4.69) is 24.1 Å². The van der Waals surface area contributed by atoms with Crippen LogP contribution in [-0.4, -0.2) is 11.0 Å². The third kappa shape index (κ3) is 2.59. The number of aromatic nitrogens is 1. The van der Waals surface area contributed by atoms with Crippen molar-refractivity contribution in [2.24, 2.45) is 5.92 Å². The number of nitrogens with one attached hydrogen (secondary N) is 1. The van der Waals surface area contributed by atoms with E-state index in [0.29, 0.717) is 6.04 Å². The summed E-state index contributed by atoms with van der Waals surface area (Å²) in [4.78, 5) is 3.88. The summed E-state index contributed by atoms with van der Waals surface area (Å²) in [5.41, 5.74) is 0.922. The largest absolute Gasteiger partial charge is 0.307 e. The third-order valence-electron chi connectivity index (χ3n) is 3.60. The summed E-state index contributed by atoms with van der Waals surface area (Å²) in [5.74, 6) is 0.534. The van der Waals surface area contributed by atoms with E-state index in [9.17, 15) is 4.39 Å². The first kappa shape index (κ1) is 11.5. The number of pyridine rings is 1. The van der Waals surface area contributed by atoms with Crippen LogP contribution in [0, 0.1) is 11.7 Å². The average Bonchev–Trinajstić information content (AvgIpc) is 2.14. The summed E-state index contributed by atoms with van der Waals surface area (Å²) >= 11 is 0. The molecule has 1 heterocycles. The molecule has 0 aromatic carbocycles. The van der Waals surface area contributed by atoms with Crippen LogP contribution >= 0.6 is 0 Å². The number of nitrogens with zero attached hydrogens (tertiary/aromatic N) is 1. The maximum atomic E-state index is 13.0. The molecule has 1 N–H and O–H groups in total. The highest BCUT2D eigenvalue weighted by Crippen LogP contribution is 2.30. The molecule has 0 bridgehead atoms. The Morgan fingerprint density at radius 1 is 1.38 bits per heavy atom. The van der Waals surface area contributed by atoms with Gasteiger partial charge in [-0.3, -0.25) is 4.98 Å². The molecule has 1 aromatic rings. The van der Waals surface area contributed by atoms with Crippen LogP contribution in [0.25, 0.3) is 0 Å². The van der Waals surface area contributed by atoms with Gasteiger partial charge in [0.25, 0.3) is 0 Å². The van der Waals surface area contributed by atoms with Crippen molar-refractivity contribution in [1.82, 2.24) is 10.3 Å². The van der Waals surface area contributed by atoms with Crippen molar-refractivity contribution in [3.05, 3.63) is 29.8 Å². The van der Waals surface area contributed by atoms with Crippen molar-refractivity contribution in [3.63, 3.8) is 0 Å². The summed E-state index contributed by atoms with van der Waals surface area (Å²) in [6, 6.07) is 2.23. The molecule has 0 amide bonds. The summed E-state index contributed by atoms with van der Waals surface area (Å²) in [6.45, 7) is 4.28. The monoisotopic (exact) mass is 222 g/mol. The zero-order chi connectivity index (χ0) is 11.5. The summed E-state index contributed by atoms with van der Waals surface area (Å²) < 4.78 is 13.0. The van der Waals surface area contributed by atoms with Crippen LogP contribution in [0.15, 0.2) is 18.5 Å². The van der Waals surface area contributed by atoms with Gasteiger partial charge in [0.05, 0.1) is 6.20 Å². The lowest BCUT2D eigenvalue weighted by atomic mass is 9.80. The smallest absolute Gasteiger partial charge is 0.141 e. The minimum atomic E-state index is -0.262. The first-order valence-corrected chi connectivity index (χ1v) is 6.03. The van der Waals surface area contributed by atoms with Gasteiger partial charge in [-0.15, -0.1) is 0 Å². The Bertz CT molecular complexity index is 350. The number of rotatable bonds is 4. The van der Waals surface area contributed by atoms with E-state index >= 15 is 0 Å². The molecule has 1 aliphatic rings. The molecule has 1 saturated carbocycles. The average molecular weight is 222 g/mol. The van der Waals surface area contributed by atoms with Gasteiger partial charge in [0.2, 0.25) is 0 Å². The fraction of sp³-hybridized carbons (Fsp3) is 0.615. The van der Waals surface area contributed by atoms with Crippen molar-refractivity contribution in [2.45, 2.75) is 45.2 Å². The van der Waals surface area contributed by atoms with Crippen molar-refractivity contribution >= 4 is 0 Å². The molecule has 1 fully saturated rings. The zero-order valence-corrected chi connectivity index (χ0v) is 9.91. The predicted octanol–water partition coefficient (Wildman–Crippen LogP) is 3.06. The molecule has 16 heavy (non-hydrogen) atoms. The Kier molecular flexibility index (Phi) is 3.54. The number of hydrogen-bond donors (Lipinski definition) is 1. The Morgan fingerprint density at radius 3 is 2.69 bits per heavy atom. The molecule has 2 unspecified atom stereocenters. The maximum Gasteiger partial charge on any atom is 0.141 e. The Labute approximate surface area is 96.3 Å². The van der Waals surface area contributed by atoms with Crippen LogP contribution in [0.1, 0.15) is 44.7 Å². The first-order valence-electron chi connectivity index (χ1n) is 6.03. The second-order valence-corrected chi connectivity index (χ2v) is 4.80. The second-order valence-electron chi connectivity index (χ2n) is 4.80. The van der Waals surface area contributed by atoms with Gasteiger partial charge >= 0.3 is 0 Å². The Balaban J connectivity index is 1.93. The highest BCUT2D eigenvalue weighted by molar-refractivity contribution is 5.14. The predicted molar refractivity (Wildman–Crippen MR) is 62.5 cm³/mol. The minimum Gasteiger partial charge on any atom is -0.307 e. The molecule has 2 atom stereocenters. The highest BCUT2D eigenvalue weighted by atomic mass is 19.1. The van der Waals surface area contributed by atoms with Crippen LogP contribution in [0.3, 0.4) is 0 Å². The lowest BCUT2D eigenvalue weighted by molar-refractivity contribution is 0.229. The molecular weight excluding hydrogens is 203 g/mol. The van der Waals surface area contributed by atoms with E-state index in [-0.39, 0.29) is 11.9 Å². The molecule has 1 aromatic heterocycles. The summed E-state index contributed by atoms with van der Waals surface area (Å²) in [6.07, 6.45) is 6.97. The van der Waals surface area contributed by atoms with E-state index in [1.165, 1.54) is 25.5 Å². The van der Waals surface area contributed by atoms with E-state index < -0.39 is 0 Å². The quantitative estimate of drug-likeness (QED) is 0.847. The molecule has 0 aliphatic heterocycles. The molecular formula is C13H19FN2.